The van der Waals surface area contributed by atoms with Gasteiger partial charge in [-0.1, -0.05) is 6.07 Å². The molecule has 4 heteroatoms. The van der Waals surface area contributed by atoms with Crippen LogP contribution in [0.4, 0.5) is 10.1 Å². The molecule has 1 N–H and O–H groups in total. The Morgan fingerprint density at radius 2 is 2.06 bits per heavy atom. The monoisotopic (exact) mass is 298 g/mol. The maximum Gasteiger partial charge on any atom is 0.147 e. The number of hydrogen-bond acceptors (Lipinski definition) is 2. The van der Waals surface area contributed by atoms with Crippen molar-refractivity contribution < 1.29 is 4.39 Å². The molecule has 1 atom stereocenters. The lowest BCUT2D eigenvalue weighted by atomic mass is 10.2. The summed E-state index contributed by atoms with van der Waals surface area (Å²) in [4.78, 5) is 2.14. The minimum absolute atomic E-state index is 0.133. The first-order valence-corrected chi connectivity index (χ1v) is 6.98. The second-order valence-electron chi connectivity index (χ2n) is 4.94. The topological polar surface area (TPSA) is 15.3 Å². The van der Waals surface area contributed by atoms with Crippen molar-refractivity contribution in [2.24, 2.45) is 0 Å². The molecule has 2 fully saturated rings. The maximum atomic E-state index is 13.8. The van der Waals surface area contributed by atoms with E-state index >= 15 is 0 Å². The van der Waals surface area contributed by atoms with Gasteiger partial charge < -0.3 is 10.2 Å². The lowest BCUT2D eigenvalue weighted by Crippen LogP contribution is -2.34. The van der Waals surface area contributed by atoms with Crippen LogP contribution in [0.15, 0.2) is 22.7 Å². The Bertz CT molecular complexity index is 400. The molecular formula is C13H16BrFN2. The number of anilines is 1. The summed E-state index contributed by atoms with van der Waals surface area (Å²) in [6.07, 6.45) is 3.72. The third kappa shape index (κ3) is 2.47. The van der Waals surface area contributed by atoms with E-state index in [2.05, 4.69) is 26.1 Å². The summed E-state index contributed by atoms with van der Waals surface area (Å²) < 4.78 is 14.7. The van der Waals surface area contributed by atoms with Gasteiger partial charge in [-0.3, -0.25) is 0 Å². The molecule has 92 valence electrons. The molecule has 1 heterocycles. The molecular weight excluding hydrogens is 283 g/mol. The number of nitrogens with one attached hydrogen (secondary N) is 1. The van der Waals surface area contributed by atoms with Crippen molar-refractivity contribution in [3.8, 4) is 0 Å². The molecule has 17 heavy (non-hydrogen) atoms. The van der Waals surface area contributed by atoms with Crippen LogP contribution in [0, 0.1) is 5.82 Å². The zero-order chi connectivity index (χ0) is 11.8. The number of benzene rings is 1. The van der Waals surface area contributed by atoms with Gasteiger partial charge in [-0.05, 0) is 47.3 Å². The molecule has 2 nitrogen and oxygen atoms in total. The highest BCUT2D eigenvalue weighted by atomic mass is 79.9. The molecule has 0 aromatic heterocycles. The Hall–Kier alpha value is -0.610. The number of halogens is 2. The van der Waals surface area contributed by atoms with Gasteiger partial charge in [0.1, 0.15) is 5.82 Å². The van der Waals surface area contributed by atoms with Crippen molar-refractivity contribution in [1.29, 1.82) is 0 Å². The molecule has 0 bridgehead atoms. The normalized spacial score (nSPS) is 24.4. The van der Waals surface area contributed by atoms with Crippen LogP contribution in [0.25, 0.3) is 0 Å². The fourth-order valence-corrected chi connectivity index (χ4v) is 3.07. The summed E-state index contributed by atoms with van der Waals surface area (Å²) in [5.41, 5.74) is 0.715. The summed E-state index contributed by atoms with van der Waals surface area (Å²) in [6, 6.07) is 6.42. The van der Waals surface area contributed by atoms with E-state index in [9.17, 15) is 4.39 Å². The summed E-state index contributed by atoms with van der Waals surface area (Å²) in [5.74, 6) is -0.133. The van der Waals surface area contributed by atoms with Gasteiger partial charge in [0.05, 0.1) is 5.69 Å². The van der Waals surface area contributed by atoms with Gasteiger partial charge in [-0.15, -0.1) is 0 Å². The average Bonchev–Trinajstić information content (AvgIpc) is 2.97. The standard InChI is InChI=1S/C13H16BrFN2/c14-11-2-1-3-12(15)13(11)17-7-6-10(8-17)16-9-4-5-9/h1-3,9-10,16H,4-8H2. The zero-order valence-corrected chi connectivity index (χ0v) is 11.2. The lowest BCUT2D eigenvalue weighted by molar-refractivity contribution is 0.547. The number of nitrogens with zero attached hydrogens (tertiary/aromatic N) is 1. The van der Waals surface area contributed by atoms with E-state index in [1.165, 1.54) is 18.9 Å². The molecule has 1 saturated heterocycles. The van der Waals surface area contributed by atoms with E-state index in [1.807, 2.05) is 6.07 Å². The maximum absolute atomic E-state index is 13.8. The molecule has 2 aliphatic rings. The van der Waals surface area contributed by atoms with Gasteiger partial charge in [0.15, 0.2) is 0 Å². The van der Waals surface area contributed by atoms with Gasteiger partial charge in [0.25, 0.3) is 0 Å². The van der Waals surface area contributed by atoms with E-state index in [0.29, 0.717) is 11.7 Å². The predicted molar refractivity (Wildman–Crippen MR) is 70.9 cm³/mol. The molecule has 1 saturated carbocycles. The number of para-hydroxylation sites is 1. The first kappa shape index (κ1) is 11.5. The average molecular weight is 299 g/mol. The molecule has 1 aliphatic carbocycles. The summed E-state index contributed by atoms with van der Waals surface area (Å²) >= 11 is 3.44. The largest absolute Gasteiger partial charge is 0.367 e. The molecule has 1 unspecified atom stereocenters. The second kappa shape index (κ2) is 4.58. The predicted octanol–water partition coefficient (Wildman–Crippen LogP) is 2.92. The first-order valence-electron chi connectivity index (χ1n) is 6.19. The van der Waals surface area contributed by atoms with E-state index < -0.39 is 0 Å². The van der Waals surface area contributed by atoms with E-state index in [-0.39, 0.29) is 5.82 Å². The van der Waals surface area contributed by atoms with Crippen LogP contribution >= 0.6 is 15.9 Å². The van der Waals surface area contributed by atoms with Gasteiger partial charge >= 0.3 is 0 Å². The van der Waals surface area contributed by atoms with Crippen molar-refractivity contribution in [3.05, 3.63) is 28.5 Å². The Kier molecular flexibility index (Phi) is 3.09. The van der Waals surface area contributed by atoms with Crippen LogP contribution < -0.4 is 10.2 Å². The highest BCUT2D eigenvalue weighted by molar-refractivity contribution is 9.10. The van der Waals surface area contributed by atoms with Crippen LogP contribution in [0.3, 0.4) is 0 Å². The van der Waals surface area contributed by atoms with Crippen molar-refractivity contribution in [2.75, 3.05) is 18.0 Å². The molecule has 3 rings (SSSR count). The van der Waals surface area contributed by atoms with Crippen molar-refractivity contribution in [3.63, 3.8) is 0 Å². The molecule has 0 radical (unpaired) electrons. The van der Waals surface area contributed by atoms with Crippen LogP contribution in [0.1, 0.15) is 19.3 Å². The Morgan fingerprint density at radius 1 is 1.24 bits per heavy atom. The molecule has 1 aromatic rings. The van der Waals surface area contributed by atoms with Gasteiger partial charge in [0.2, 0.25) is 0 Å². The second-order valence-corrected chi connectivity index (χ2v) is 5.80. The Labute approximate surface area is 109 Å². The minimum atomic E-state index is -0.133. The molecule has 1 aromatic carbocycles. The van der Waals surface area contributed by atoms with Crippen LogP contribution in [-0.2, 0) is 0 Å². The van der Waals surface area contributed by atoms with E-state index in [4.69, 9.17) is 0 Å². The summed E-state index contributed by atoms with van der Waals surface area (Å²) in [7, 11) is 0. The molecule has 0 spiro atoms. The smallest absolute Gasteiger partial charge is 0.147 e. The Balaban J connectivity index is 1.72. The van der Waals surface area contributed by atoms with Crippen LogP contribution in [-0.4, -0.2) is 25.2 Å². The third-order valence-electron chi connectivity index (χ3n) is 3.49. The minimum Gasteiger partial charge on any atom is -0.367 e. The lowest BCUT2D eigenvalue weighted by Gasteiger charge is -2.21. The van der Waals surface area contributed by atoms with Crippen molar-refractivity contribution in [2.45, 2.75) is 31.3 Å². The highest BCUT2D eigenvalue weighted by Gasteiger charge is 2.30. The van der Waals surface area contributed by atoms with Crippen molar-refractivity contribution >= 4 is 21.6 Å². The Morgan fingerprint density at radius 3 is 2.76 bits per heavy atom. The summed E-state index contributed by atoms with van der Waals surface area (Å²) in [5, 5.41) is 3.61. The first-order chi connectivity index (χ1) is 8.24. The quantitative estimate of drug-likeness (QED) is 0.923. The third-order valence-corrected chi connectivity index (χ3v) is 4.13. The van der Waals surface area contributed by atoms with Gasteiger partial charge in [-0.25, -0.2) is 4.39 Å². The van der Waals surface area contributed by atoms with E-state index in [0.717, 1.165) is 30.0 Å². The number of rotatable bonds is 3. The van der Waals surface area contributed by atoms with Gasteiger partial charge in [-0.2, -0.15) is 0 Å². The van der Waals surface area contributed by atoms with Crippen LogP contribution in [0.2, 0.25) is 0 Å². The molecule has 1 aliphatic heterocycles. The SMILES string of the molecule is Fc1cccc(Br)c1N1CCC(NC2CC2)C1. The van der Waals surface area contributed by atoms with E-state index in [1.54, 1.807) is 6.07 Å². The van der Waals surface area contributed by atoms with Gasteiger partial charge in [0, 0.05) is 29.6 Å². The fourth-order valence-electron chi connectivity index (χ4n) is 2.47. The van der Waals surface area contributed by atoms with Crippen molar-refractivity contribution in [1.82, 2.24) is 5.32 Å². The summed E-state index contributed by atoms with van der Waals surface area (Å²) in [6.45, 7) is 1.85. The number of hydrogen-bond donors (Lipinski definition) is 1. The zero-order valence-electron chi connectivity index (χ0n) is 9.63. The fraction of sp³-hybridized carbons (Fsp3) is 0.538. The van der Waals surface area contributed by atoms with Crippen LogP contribution in [0.5, 0.6) is 0 Å². The molecule has 0 amide bonds. The highest BCUT2D eigenvalue weighted by Crippen LogP contribution is 2.32.